The van der Waals surface area contributed by atoms with Crippen LogP contribution in [0, 0.1) is 11.3 Å². The van der Waals surface area contributed by atoms with Gasteiger partial charge in [0.2, 0.25) is 0 Å². The predicted molar refractivity (Wildman–Crippen MR) is 67.9 cm³/mol. The van der Waals surface area contributed by atoms with Crippen molar-refractivity contribution in [2.75, 3.05) is 5.32 Å². The highest BCUT2D eigenvalue weighted by Crippen LogP contribution is 2.34. The Kier molecular flexibility index (Phi) is 5.38. The first-order valence-corrected chi connectivity index (χ1v) is 5.99. The molecule has 4 nitrogen and oxygen atoms in total. The molecule has 0 aromatic heterocycles. The smallest absolute Gasteiger partial charge is 0.334 e. The lowest BCUT2D eigenvalue weighted by atomic mass is 10.1. The van der Waals surface area contributed by atoms with Gasteiger partial charge in [0, 0.05) is 6.04 Å². The maximum Gasteiger partial charge on any atom is 0.418 e. The Balaban J connectivity index is 2.79. The molecule has 0 heterocycles. The molecule has 2 N–H and O–H groups in total. The molecule has 0 bridgehead atoms. The first-order valence-electron chi connectivity index (χ1n) is 5.99. The summed E-state index contributed by atoms with van der Waals surface area (Å²) in [6, 6.07) is 5.46. The zero-order chi connectivity index (χ0) is 15.2. The number of anilines is 1. The molecule has 1 unspecified atom stereocenters. The van der Waals surface area contributed by atoms with Crippen molar-refractivity contribution in [2.45, 2.75) is 32.0 Å². The van der Waals surface area contributed by atoms with E-state index in [9.17, 15) is 18.0 Å². The van der Waals surface area contributed by atoms with Crippen LogP contribution in [-0.2, 0) is 6.18 Å². The third-order valence-corrected chi connectivity index (χ3v) is 2.65. The second-order valence-corrected chi connectivity index (χ2v) is 4.11. The lowest BCUT2D eigenvalue weighted by Crippen LogP contribution is -2.37. The maximum atomic E-state index is 12.7. The van der Waals surface area contributed by atoms with Gasteiger partial charge in [-0.2, -0.15) is 18.4 Å². The number of hydrogen-bond donors (Lipinski definition) is 2. The molecule has 0 aliphatic heterocycles. The Morgan fingerprint density at radius 3 is 2.60 bits per heavy atom. The fourth-order valence-electron chi connectivity index (χ4n) is 1.59. The SMILES string of the molecule is CCC(CC#N)NC(=O)Nc1ccccc1C(F)(F)F. The number of nitriles is 1. The summed E-state index contributed by atoms with van der Waals surface area (Å²) in [6.45, 7) is 1.77. The van der Waals surface area contributed by atoms with E-state index in [0.29, 0.717) is 6.42 Å². The van der Waals surface area contributed by atoms with Crippen LogP contribution in [0.1, 0.15) is 25.3 Å². The molecule has 1 aromatic rings. The number of carbonyl (C=O) groups is 1. The summed E-state index contributed by atoms with van der Waals surface area (Å²) in [5, 5.41) is 13.2. The average Bonchev–Trinajstić information content (AvgIpc) is 2.37. The van der Waals surface area contributed by atoms with Crippen LogP contribution in [0.15, 0.2) is 24.3 Å². The third kappa shape index (κ3) is 4.46. The number of benzene rings is 1. The number of rotatable bonds is 4. The Hall–Kier alpha value is -2.23. The van der Waals surface area contributed by atoms with Gasteiger partial charge in [0.25, 0.3) is 0 Å². The molecule has 0 saturated carbocycles. The summed E-state index contributed by atoms with van der Waals surface area (Å²) in [6.07, 6.45) is -3.92. The van der Waals surface area contributed by atoms with E-state index in [0.717, 1.165) is 6.07 Å². The summed E-state index contributed by atoms with van der Waals surface area (Å²) >= 11 is 0. The number of nitrogens with zero attached hydrogens (tertiary/aromatic N) is 1. The number of carbonyl (C=O) groups excluding carboxylic acids is 1. The quantitative estimate of drug-likeness (QED) is 0.889. The van der Waals surface area contributed by atoms with Crippen molar-refractivity contribution in [2.24, 2.45) is 0 Å². The molecule has 0 radical (unpaired) electrons. The van der Waals surface area contributed by atoms with Gasteiger partial charge in [0.15, 0.2) is 0 Å². The lowest BCUT2D eigenvalue weighted by Gasteiger charge is -2.17. The molecule has 0 aliphatic rings. The van der Waals surface area contributed by atoms with E-state index in [1.54, 1.807) is 6.92 Å². The Bertz CT molecular complexity index is 508. The van der Waals surface area contributed by atoms with Crippen molar-refractivity contribution in [3.63, 3.8) is 0 Å². The molecule has 0 aliphatic carbocycles. The van der Waals surface area contributed by atoms with E-state index < -0.39 is 23.8 Å². The average molecular weight is 285 g/mol. The highest BCUT2D eigenvalue weighted by Gasteiger charge is 2.33. The van der Waals surface area contributed by atoms with E-state index >= 15 is 0 Å². The van der Waals surface area contributed by atoms with Crippen molar-refractivity contribution in [3.05, 3.63) is 29.8 Å². The van der Waals surface area contributed by atoms with Crippen molar-refractivity contribution >= 4 is 11.7 Å². The van der Waals surface area contributed by atoms with Gasteiger partial charge in [-0.05, 0) is 18.6 Å². The molecule has 7 heteroatoms. The topological polar surface area (TPSA) is 64.9 Å². The minimum absolute atomic E-state index is 0.102. The summed E-state index contributed by atoms with van der Waals surface area (Å²) in [4.78, 5) is 11.6. The van der Waals surface area contributed by atoms with Gasteiger partial charge in [0.05, 0.1) is 23.7 Å². The highest BCUT2D eigenvalue weighted by atomic mass is 19.4. The van der Waals surface area contributed by atoms with Gasteiger partial charge in [-0.1, -0.05) is 19.1 Å². The van der Waals surface area contributed by atoms with Crippen molar-refractivity contribution in [3.8, 4) is 6.07 Å². The highest BCUT2D eigenvalue weighted by molar-refractivity contribution is 5.90. The van der Waals surface area contributed by atoms with E-state index in [1.165, 1.54) is 18.2 Å². The van der Waals surface area contributed by atoms with Gasteiger partial charge >= 0.3 is 12.2 Å². The molecule has 20 heavy (non-hydrogen) atoms. The number of halogens is 3. The van der Waals surface area contributed by atoms with Gasteiger partial charge < -0.3 is 10.6 Å². The number of urea groups is 1. The summed E-state index contributed by atoms with van der Waals surface area (Å²) in [5.41, 5.74) is -1.23. The molecule has 0 saturated heterocycles. The normalized spacial score (nSPS) is 12.3. The van der Waals surface area contributed by atoms with E-state index in [2.05, 4.69) is 10.6 Å². The van der Waals surface area contributed by atoms with Crippen molar-refractivity contribution in [1.82, 2.24) is 5.32 Å². The Morgan fingerprint density at radius 2 is 2.05 bits per heavy atom. The van der Waals surface area contributed by atoms with Crippen molar-refractivity contribution < 1.29 is 18.0 Å². The molecule has 0 fully saturated rings. The summed E-state index contributed by atoms with van der Waals surface area (Å²) in [7, 11) is 0. The van der Waals surface area contributed by atoms with Gasteiger partial charge in [-0.3, -0.25) is 0 Å². The molecule has 1 rings (SSSR count). The number of alkyl halides is 3. The maximum absolute atomic E-state index is 12.7. The zero-order valence-corrected chi connectivity index (χ0v) is 10.8. The van der Waals surface area contributed by atoms with E-state index in [-0.39, 0.29) is 12.1 Å². The first-order chi connectivity index (χ1) is 9.38. The molecule has 1 atom stereocenters. The number of nitrogens with one attached hydrogen (secondary N) is 2. The largest absolute Gasteiger partial charge is 0.418 e. The first kappa shape index (κ1) is 15.8. The second-order valence-electron chi connectivity index (χ2n) is 4.11. The van der Waals surface area contributed by atoms with Crippen LogP contribution in [0.2, 0.25) is 0 Å². The van der Waals surface area contributed by atoms with Crippen LogP contribution >= 0.6 is 0 Å². The monoisotopic (exact) mass is 285 g/mol. The van der Waals surface area contributed by atoms with Gasteiger partial charge in [-0.15, -0.1) is 0 Å². The lowest BCUT2D eigenvalue weighted by molar-refractivity contribution is -0.136. The van der Waals surface area contributed by atoms with Crippen LogP contribution in [0.3, 0.4) is 0 Å². The predicted octanol–water partition coefficient (Wildman–Crippen LogP) is 3.52. The zero-order valence-electron chi connectivity index (χ0n) is 10.8. The summed E-state index contributed by atoms with van der Waals surface area (Å²) in [5.74, 6) is 0. The molecule has 108 valence electrons. The number of amides is 2. The van der Waals surface area contributed by atoms with Crippen LogP contribution in [0.5, 0.6) is 0 Å². The van der Waals surface area contributed by atoms with Crippen molar-refractivity contribution in [1.29, 1.82) is 5.26 Å². The number of hydrogen-bond acceptors (Lipinski definition) is 2. The minimum atomic E-state index is -4.54. The number of para-hydroxylation sites is 1. The summed E-state index contributed by atoms with van der Waals surface area (Å²) < 4.78 is 38.2. The standard InChI is InChI=1S/C13H14F3N3O/c1-2-9(7-8-17)18-12(20)19-11-6-4-3-5-10(11)13(14,15)16/h3-6,9H,2,7H2,1H3,(H2,18,19,20). The minimum Gasteiger partial charge on any atom is -0.334 e. The Labute approximate surface area is 114 Å². The van der Waals surface area contributed by atoms with Crippen LogP contribution in [0.4, 0.5) is 23.7 Å². The van der Waals surface area contributed by atoms with E-state index in [4.69, 9.17) is 5.26 Å². The second kappa shape index (κ2) is 6.80. The Morgan fingerprint density at radius 1 is 1.40 bits per heavy atom. The van der Waals surface area contributed by atoms with Crippen LogP contribution in [0.25, 0.3) is 0 Å². The molecular weight excluding hydrogens is 271 g/mol. The third-order valence-electron chi connectivity index (χ3n) is 2.65. The van der Waals surface area contributed by atoms with Crippen LogP contribution in [-0.4, -0.2) is 12.1 Å². The fraction of sp³-hybridized carbons (Fsp3) is 0.385. The fourth-order valence-corrected chi connectivity index (χ4v) is 1.59. The molecular formula is C13H14F3N3O. The molecule has 1 aromatic carbocycles. The van der Waals surface area contributed by atoms with Gasteiger partial charge in [0.1, 0.15) is 0 Å². The molecule has 0 spiro atoms. The van der Waals surface area contributed by atoms with E-state index in [1.807, 2.05) is 6.07 Å². The molecule has 2 amide bonds. The van der Waals surface area contributed by atoms with Gasteiger partial charge in [-0.25, -0.2) is 4.79 Å². The van der Waals surface area contributed by atoms with Crippen LogP contribution < -0.4 is 10.6 Å².